The maximum Gasteiger partial charge on any atom is 0.278 e. The average molecular weight is 379 g/mol. The first-order valence-corrected chi connectivity index (χ1v) is 9.90. The zero-order chi connectivity index (χ0) is 19.3. The Bertz CT molecular complexity index is 903. The first-order chi connectivity index (χ1) is 13.8. The highest BCUT2D eigenvalue weighted by Crippen LogP contribution is 2.33. The Hall–Kier alpha value is -3.02. The molecule has 3 aromatic rings. The molecule has 3 heterocycles. The van der Waals surface area contributed by atoms with Crippen LogP contribution in [0, 0.1) is 0 Å². The number of aromatic nitrogens is 2. The van der Waals surface area contributed by atoms with Crippen molar-refractivity contribution in [1.82, 2.24) is 14.7 Å². The summed E-state index contributed by atoms with van der Waals surface area (Å²) in [5.74, 6) is 1.23. The third-order valence-corrected chi connectivity index (χ3v) is 5.09. The minimum atomic E-state index is -0.110. The van der Waals surface area contributed by atoms with Crippen molar-refractivity contribution in [3.05, 3.63) is 66.4 Å². The summed E-state index contributed by atoms with van der Waals surface area (Å²) in [6, 6.07) is 13.5. The maximum absolute atomic E-state index is 13.5. The molecule has 2 aromatic heterocycles. The number of carbonyl (C=O) groups excluding carboxylic acids is 1. The quantitative estimate of drug-likeness (QED) is 0.649. The summed E-state index contributed by atoms with van der Waals surface area (Å²) in [4.78, 5) is 15.4. The van der Waals surface area contributed by atoms with Crippen LogP contribution in [0.3, 0.4) is 0 Å². The van der Waals surface area contributed by atoms with E-state index in [0.717, 1.165) is 37.1 Å². The molecular weight excluding hydrogens is 354 g/mol. The fourth-order valence-corrected chi connectivity index (χ4v) is 3.74. The number of nitrogens with zero attached hydrogens (tertiary/aromatic N) is 3. The number of carbonyl (C=O) groups is 1. The van der Waals surface area contributed by atoms with E-state index in [-0.39, 0.29) is 11.9 Å². The van der Waals surface area contributed by atoms with Gasteiger partial charge in [0.15, 0.2) is 11.4 Å². The molecule has 28 heavy (non-hydrogen) atoms. The molecule has 0 aliphatic carbocycles. The number of hydrogen-bond acceptors (Lipinski definition) is 4. The molecule has 1 saturated heterocycles. The van der Waals surface area contributed by atoms with E-state index in [9.17, 15) is 4.79 Å². The lowest BCUT2D eigenvalue weighted by Crippen LogP contribution is -2.35. The van der Waals surface area contributed by atoms with Gasteiger partial charge in [-0.05, 0) is 44.0 Å². The minimum absolute atomic E-state index is 0.0682. The van der Waals surface area contributed by atoms with Crippen LogP contribution < -0.4 is 4.74 Å². The van der Waals surface area contributed by atoms with Gasteiger partial charge in [-0.2, -0.15) is 5.10 Å². The average Bonchev–Trinajstić information content (AvgIpc) is 3.34. The second kappa shape index (κ2) is 8.33. The number of benzene rings is 1. The standard InChI is InChI=1S/C22H25N3O3/c1-2-27-20-16-25(17-10-5-3-6-11-17)23-21(20)22(26)24-14-8-4-7-12-18(24)19-13-9-15-28-19/h3,5-6,9-11,13,15-16,18H,2,4,7-8,12,14H2,1H3/t18-/m0/s1. The monoisotopic (exact) mass is 379 g/mol. The Morgan fingerprint density at radius 1 is 1.18 bits per heavy atom. The van der Waals surface area contributed by atoms with Gasteiger partial charge in [0.05, 0.1) is 30.8 Å². The predicted molar refractivity (Wildman–Crippen MR) is 106 cm³/mol. The summed E-state index contributed by atoms with van der Waals surface area (Å²) in [6.07, 6.45) is 7.50. The molecule has 1 aliphatic rings. The van der Waals surface area contributed by atoms with Gasteiger partial charge in [-0.15, -0.1) is 0 Å². The lowest BCUT2D eigenvalue weighted by Gasteiger charge is -2.28. The van der Waals surface area contributed by atoms with Crippen LogP contribution in [0.2, 0.25) is 0 Å². The van der Waals surface area contributed by atoms with Crippen LogP contribution in [-0.4, -0.2) is 33.7 Å². The fraction of sp³-hybridized carbons (Fsp3) is 0.364. The molecule has 1 atom stereocenters. The molecule has 0 unspecified atom stereocenters. The normalized spacial score (nSPS) is 17.3. The zero-order valence-corrected chi connectivity index (χ0v) is 16.1. The van der Waals surface area contributed by atoms with Crippen LogP contribution in [0.5, 0.6) is 5.75 Å². The largest absolute Gasteiger partial charge is 0.490 e. The van der Waals surface area contributed by atoms with Gasteiger partial charge in [0.1, 0.15) is 5.76 Å². The summed E-state index contributed by atoms with van der Waals surface area (Å²) in [7, 11) is 0. The first-order valence-electron chi connectivity index (χ1n) is 9.90. The van der Waals surface area contributed by atoms with Crippen molar-refractivity contribution >= 4 is 5.91 Å². The molecule has 1 aromatic carbocycles. The third-order valence-electron chi connectivity index (χ3n) is 5.09. The van der Waals surface area contributed by atoms with Crippen molar-refractivity contribution < 1.29 is 13.9 Å². The molecule has 0 spiro atoms. The summed E-state index contributed by atoms with van der Waals surface area (Å²) in [5.41, 5.74) is 1.24. The second-order valence-corrected chi connectivity index (χ2v) is 6.93. The van der Waals surface area contributed by atoms with Crippen LogP contribution in [0.4, 0.5) is 0 Å². The number of likely N-dealkylation sites (tertiary alicyclic amines) is 1. The molecular formula is C22H25N3O3. The van der Waals surface area contributed by atoms with Crippen molar-refractivity contribution in [1.29, 1.82) is 0 Å². The van der Waals surface area contributed by atoms with Gasteiger partial charge in [-0.3, -0.25) is 4.79 Å². The fourth-order valence-electron chi connectivity index (χ4n) is 3.74. The van der Waals surface area contributed by atoms with Crippen LogP contribution >= 0.6 is 0 Å². The van der Waals surface area contributed by atoms with E-state index < -0.39 is 0 Å². The van der Waals surface area contributed by atoms with Crippen LogP contribution in [-0.2, 0) is 0 Å². The summed E-state index contributed by atoms with van der Waals surface area (Å²) in [6.45, 7) is 3.07. The van der Waals surface area contributed by atoms with Crippen molar-refractivity contribution in [2.24, 2.45) is 0 Å². The van der Waals surface area contributed by atoms with Gasteiger partial charge >= 0.3 is 0 Å². The maximum atomic E-state index is 13.5. The smallest absolute Gasteiger partial charge is 0.278 e. The lowest BCUT2D eigenvalue weighted by atomic mass is 10.1. The zero-order valence-electron chi connectivity index (χ0n) is 16.1. The SMILES string of the molecule is CCOc1cn(-c2ccccc2)nc1C(=O)N1CCCCC[C@H]1c1ccco1. The molecule has 0 N–H and O–H groups in total. The molecule has 6 heteroatoms. The number of para-hydroxylation sites is 1. The van der Waals surface area contributed by atoms with E-state index in [1.165, 1.54) is 0 Å². The Labute approximate surface area is 164 Å². The van der Waals surface area contributed by atoms with E-state index in [1.54, 1.807) is 17.1 Å². The van der Waals surface area contributed by atoms with E-state index in [2.05, 4.69) is 5.10 Å². The molecule has 146 valence electrons. The highest BCUT2D eigenvalue weighted by atomic mass is 16.5. The first kappa shape index (κ1) is 18.3. The molecule has 1 aliphatic heterocycles. The number of ether oxygens (including phenoxy) is 1. The predicted octanol–water partition coefficient (Wildman–Crippen LogP) is 4.62. The molecule has 1 fully saturated rings. The molecule has 4 rings (SSSR count). The van der Waals surface area contributed by atoms with Gasteiger partial charge in [-0.1, -0.05) is 31.0 Å². The Morgan fingerprint density at radius 3 is 2.79 bits per heavy atom. The molecule has 0 saturated carbocycles. The Balaban J connectivity index is 1.70. The van der Waals surface area contributed by atoms with E-state index in [1.807, 2.05) is 54.3 Å². The summed E-state index contributed by atoms with van der Waals surface area (Å²) < 4.78 is 13.1. The second-order valence-electron chi connectivity index (χ2n) is 6.93. The van der Waals surface area contributed by atoms with Crippen LogP contribution in [0.15, 0.2) is 59.3 Å². The van der Waals surface area contributed by atoms with Gasteiger partial charge in [0.2, 0.25) is 0 Å². The van der Waals surface area contributed by atoms with Crippen molar-refractivity contribution in [2.75, 3.05) is 13.2 Å². The molecule has 0 bridgehead atoms. The molecule has 1 amide bonds. The topological polar surface area (TPSA) is 60.5 Å². The molecule has 0 radical (unpaired) electrons. The van der Waals surface area contributed by atoms with Gasteiger partial charge in [-0.25, -0.2) is 4.68 Å². The highest BCUT2D eigenvalue weighted by Gasteiger charge is 2.32. The Morgan fingerprint density at radius 2 is 2.04 bits per heavy atom. The lowest BCUT2D eigenvalue weighted by molar-refractivity contribution is 0.0648. The third kappa shape index (κ3) is 3.67. The highest BCUT2D eigenvalue weighted by molar-refractivity contribution is 5.95. The number of amides is 1. The van der Waals surface area contributed by atoms with Gasteiger partial charge < -0.3 is 14.1 Å². The van der Waals surface area contributed by atoms with Crippen LogP contribution in [0.25, 0.3) is 5.69 Å². The number of rotatable bonds is 5. The summed E-state index contributed by atoms with van der Waals surface area (Å²) in [5, 5.41) is 4.59. The van der Waals surface area contributed by atoms with E-state index in [4.69, 9.17) is 9.15 Å². The van der Waals surface area contributed by atoms with E-state index in [0.29, 0.717) is 24.6 Å². The Kier molecular flexibility index (Phi) is 5.46. The van der Waals surface area contributed by atoms with Crippen molar-refractivity contribution in [3.63, 3.8) is 0 Å². The van der Waals surface area contributed by atoms with Crippen LogP contribution in [0.1, 0.15) is 54.9 Å². The van der Waals surface area contributed by atoms with Gasteiger partial charge in [0, 0.05) is 6.54 Å². The van der Waals surface area contributed by atoms with Gasteiger partial charge in [0.25, 0.3) is 5.91 Å². The van der Waals surface area contributed by atoms with Crippen molar-refractivity contribution in [2.45, 2.75) is 38.6 Å². The number of furan rings is 1. The minimum Gasteiger partial charge on any atom is -0.490 e. The number of hydrogen-bond donors (Lipinski definition) is 0. The molecule has 6 nitrogen and oxygen atoms in total. The van der Waals surface area contributed by atoms with Crippen molar-refractivity contribution in [3.8, 4) is 11.4 Å². The van der Waals surface area contributed by atoms with E-state index >= 15 is 0 Å². The summed E-state index contributed by atoms with van der Waals surface area (Å²) >= 11 is 0.